The third-order valence-corrected chi connectivity index (χ3v) is 3.32. The lowest BCUT2D eigenvalue weighted by Gasteiger charge is -2.15. The molecule has 114 valence electrons. The summed E-state index contributed by atoms with van der Waals surface area (Å²) in [5.74, 6) is -1.24. The lowest BCUT2D eigenvalue weighted by atomic mass is 9.91. The molecule has 0 radical (unpaired) electrons. The second-order valence-electron chi connectivity index (χ2n) is 4.60. The van der Waals surface area contributed by atoms with E-state index in [0.29, 0.717) is 17.7 Å². The maximum absolute atomic E-state index is 12.5. The Morgan fingerprint density at radius 2 is 1.95 bits per heavy atom. The molecule has 2 atom stereocenters. The molecule has 4 nitrogen and oxygen atoms in total. The van der Waals surface area contributed by atoms with Crippen LogP contribution in [0.3, 0.4) is 0 Å². The number of oxime groups is 1. The zero-order valence-electron chi connectivity index (χ0n) is 11.5. The van der Waals surface area contributed by atoms with Gasteiger partial charge in [-0.25, -0.2) is 0 Å². The van der Waals surface area contributed by atoms with E-state index >= 15 is 0 Å². The average molecular weight is 301 g/mol. The van der Waals surface area contributed by atoms with Gasteiger partial charge in [0.1, 0.15) is 17.7 Å². The second kappa shape index (κ2) is 5.75. The van der Waals surface area contributed by atoms with E-state index in [1.54, 1.807) is 0 Å². The van der Waals surface area contributed by atoms with Crippen LogP contribution in [0.5, 0.6) is 0 Å². The van der Waals surface area contributed by atoms with E-state index in [4.69, 9.17) is 9.57 Å². The van der Waals surface area contributed by atoms with Crippen molar-refractivity contribution in [2.45, 2.75) is 25.6 Å². The zero-order valence-corrected chi connectivity index (χ0v) is 11.5. The molecule has 0 bridgehead atoms. The van der Waals surface area contributed by atoms with Gasteiger partial charge in [0.2, 0.25) is 0 Å². The molecule has 0 N–H and O–H groups in total. The largest absolute Gasteiger partial charge is 0.468 e. The van der Waals surface area contributed by atoms with E-state index in [2.05, 4.69) is 5.16 Å². The van der Waals surface area contributed by atoms with Crippen molar-refractivity contribution in [1.29, 1.82) is 0 Å². The summed E-state index contributed by atoms with van der Waals surface area (Å²) >= 11 is 0. The Hall–Kier alpha value is -2.05. The van der Waals surface area contributed by atoms with Gasteiger partial charge in [-0.2, -0.15) is 13.2 Å². The number of hydrogen-bond donors (Lipinski definition) is 0. The number of halogens is 3. The first kappa shape index (κ1) is 15.3. The average Bonchev–Trinajstić information content (AvgIpc) is 2.89. The van der Waals surface area contributed by atoms with Crippen molar-refractivity contribution in [3.05, 3.63) is 35.4 Å². The first-order chi connectivity index (χ1) is 9.88. The first-order valence-corrected chi connectivity index (χ1v) is 6.37. The topological polar surface area (TPSA) is 47.9 Å². The van der Waals surface area contributed by atoms with Crippen LogP contribution < -0.4 is 0 Å². The Labute approximate surface area is 119 Å². The Kier molecular flexibility index (Phi) is 4.20. The third-order valence-electron chi connectivity index (χ3n) is 3.32. The molecule has 0 aromatic heterocycles. The molecule has 0 fully saturated rings. The quantitative estimate of drug-likeness (QED) is 0.806. The van der Waals surface area contributed by atoms with Crippen LogP contribution in [-0.2, 0) is 20.5 Å². The number of benzene rings is 1. The molecule has 1 aliphatic heterocycles. The lowest BCUT2D eigenvalue weighted by molar-refractivity contribution is -0.146. The van der Waals surface area contributed by atoms with Gasteiger partial charge in [-0.3, -0.25) is 4.79 Å². The van der Waals surface area contributed by atoms with Crippen molar-refractivity contribution < 1.29 is 27.5 Å². The minimum Gasteiger partial charge on any atom is -0.468 e. The Bertz CT molecular complexity index is 552. The van der Waals surface area contributed by atoms with Gasteiger partial charge in [-0.05, 0) is 18.6 Å². The van der Waals surface area contributed by atoms with E-state index in [1.807, 2.05) is 6.92 Å². The SMILES string of the molecule is CC[C@@H]1ON=C(c2ccc(C(F)(F)F)cc2)[C@H]1C(=O)OC. The first-order valence-electron chi connectivity index (χ1n) is 6.37. The summed E-state index contributed by atoms with van der Waals surface area (Å²) < 4.78 is 42.3. The van der Waals surface area contributed by atoms with Crippen molar-refractivity contribution in [2.24, 2.45) is 11.1 Å². The number of esters is 1. The predicted octanol–water partition coefficient (Wildman–Crippen LogP) is 3.01. The fraction of sp³-hybridized carbons (Fsp3) is 0.429. The van der Waals surface area contributed by atoms with Crippen molar-refractivity contribution in [3.63, 3.8) is 0 Å². The Morgan fingerprint density at radius 1 is 1.33 bits per heavy atom. The molecule has 0 spiro atoms. The van der Waals surface area contributed by atoms with Gasteiger partial charge in [-0.15, -0.1) is 0 Å². The van der Waals surface area contributed by atoms with Crippen LogP contribution in [0, 0.1) is 5.92 Å². The molecular weight excluding hydrogens is 287 g/mol. The summed E-state index contributed by atoms with van der Waals surface area (Å²) in [6.45, 7) is 1.83. The van der Waals surface area contributed by atoms with Crippen LogP contribution in [0.15, 0.2) is 29.4 Å². The van der Waals surface area contributed by atoms with Crippen molar-refractivity contribution >= 4 is 11.7 Å². The minimum absolute atomic E-state index is 0.294. The summed E-state index contributed by atoms with van der Waals surface area (Å²) in [6, 6.07) is 4.45. The normalized spacial score (nSPS) is 21.7. The number of rotatable bonds is 3. The zero-order chi connectivity index (χ0) is 15.6. The van der Waals surface area contributed by atoms with Gasteiger partial charge in [0.25, 0.3) is 0 Å². The van der Waals surface area contributed by atoms with Crippen LogP contribution in [0.2, 0.25) is 0 Å². The molecule has 2 rings (SSSR count). The maximum Gasteiger partial charge on any atom is 0.416 e. The van der Waals surface area contributed by atoms with Gasteiger partial charge >= 0.3 is 12.1 Å². The van der Waals surface area contributed by atoms with Crippen LogP contribution in [-0.4, -0.2) is 24.9 Å². The summed E-state index contributed by atoms with van der Waals surface area (Å²) in [7, 11) is 1.25. The number of ether oxygens (including phenoxy) is 1. The fourth-order valence-electron chi connectivity index (χ4n) is 2.18. The Balaban J connectivity index is 2.30. The highest BCUT2D eigenvalue weighted by Gasteiger charge is 2.40. The van der Waals surface area contributed by atoms with Crippen LogP contribution in [0.25, 0.3) is 0 Å². The Morgan fingerprint density at radius 3 is 2.43 bits per heavy atom. The highest BCUT2D eigenvalue weighted by Crippen LogP contribution is 2.31. The van der Waals surface area contributed by atoms with Crippen molar-refractivity contribution in [1.82, 2.24) is 0 Å². The van der Waals surface area contributed by atoms with Gasteiger partial charge in [0, 0.05) is 5.56 Å². The molecule has 0 saturated heterocycles. The van der Waals surface area contributed by atoms with Crippen LogP contribution in [0.1, 0.15) is 24.5 Å². The summed E-state index contributed by atoms with van der Waals surface area (Å²) in [5, 5.41) is 3.84. The molecule has 1 aromatic rings. The number of hydrogen-bond acceptors (Lipinski definition) is 4. The summed E-state index contributed by atoms with van der Waals surface area (Å²) in [4.78, 5) is 17.0. The monoisotopic (exact) mass is 301 g/mol. The van der Waals surface area contributed by atoms with E-state index in [-0.39, 0.29) is 0 Å². The van der Waals surface area contributed by atoms with Gasteiger partial charge < -0.3 is 9.57 Å². The molecule has 0 aliphatic carbocycles. The van der Waals surface area contributed by atoms with E-state index in [9.17, 15) is 18.0 Å². The van der Waals surface area contributed by atoms with Crippen molar-refractivity contribution in [3.8, 4) is 0 Å². The number of carbonyl (C=O) groups excluding carboxylic acids is 1. The van der Waals surface area contributed by atoms with Crippen LogP contribution >= 0.6 is 0 Å². The fourth-order valence-corrected chi connectivity index (χ4v) is 2.18. The maximum atomic E-state index is 12.5. The summed E-state index contributed by atoms with van der Waals surface area (Å²) in [6.07, 6.45) is -4.33. The van der Waals surface area contributed by atoms with Gasteiger partial charge in [0.15, 0.2) is 0 Å². The second-order valence-corrected chi connectivity index (χ2v) is 4.60. The minimum atomic E-state index is -4.40. The molecule has 0 unspecified atom stereocenters. The highest BCUT2D eigenvalue weighted by molar-refractivity contribution is 6.12. The van der Waals surface area contributed by atoms with E-state index in [0.717, 1.165) is 12.1 Å². The predicted molar refractivity (Wildman–Crippen MR) is 68.7 cm³/mol. The molecule has 1 aliphatic rings. The number of methoxy groups -OCH3 is 1. The lowest BCUT2D eigenvalue weighted by Crippen LogP contribution is -2.32. The third kappa shape index (κ3) is 3.01. The molecule has 1 heterocycles. The molecular formula is C14H14F3NO3. The number of nitrogens with zero attached hydrogens (tertiary/aromatic N) is 1. The van der Waals surface area contributed by atoms with Gasteiger partial charge in [0.05, 0.1) is 12.7 Å². The number of alkyl halides is 3. The van der Waals surface area contributed by atoms with E-state index in [1.165, 1.54) is 19.2 Å². The molecule has 21 heavy (non-hydrogen) atoms. The van der Waals surface area contributed by atoms with Gasteiger partial charge in [-0.1, -0.05) is 24.2 Å². The molecule has 0 amide bonds. The molecule has 1 aromatic carbocycles. The molecule has 7 heteroatoms. The van der Waals surface area contributed by atoms with Crippen LogP contribution in [0.4, 0.5) is 13.2 Å². The molecule has 0 saturated carbocycles. The van der Waals surface area contributed by atoms with E-state index < -0.39 is 29.7 Å². The smallest absolute Gasteiger partial charge is 0.416 e. The highest BCUT2D eigenvalue weighted by atomic mass is 19.4. The summed E-state index contributed by atoms with van der Waals surface area (Å²) in [5.41, 5.74) is -0.0517. The van der Waals surface area contributed by atoms with Crippen molar-refractivity contribution in [2.75, 3.05) is 7.11 Å². The number of carbonyl (C=O) groups is 1. The standard InChI is InChI=1S/C14H14F3NO3/c1-3-10-11(13(19)20-2)12(18-21-10)8-4-6-9(7-5-8)14(15,16)17/h4-7,10-11H,3H2,1-2H3/t10-,11-/m0/s1.